The lowest BCUT2D eigenvalue weighted by Gasteiger charge is -1.95. The molecular weight excluding hydrogens is 160 g/mol. The second-order valence-electron chi connectivity index (χ2n) is 3.63. The van der Waals surface area contributed by atoms with Crippen LogP contribution in [0.3, 0.4) is 0 Å². The highest BCUT2D eigenvalue weighted by atomic mass is 14.9. The minimum absolute atomic E-state index is 0.493. The fourth-order valence-corrected chi connectivity index (χ4v) is 1.46. The van der Waals surface area contributed by atoms with Gasteiger partial charge >= 0.3 is 5.71 Å². The molecule has 2 heteroatoms. The molecule has 1 aromatic carbocycles. The summed E-state index contributed by atoms with van der Waals surface area (Å²) in [6.45, 7) is 2.05. The molecule has 1 saturated carbocycles. The van der Waals surface area contributed by atoms with E-state index >= 15 is 0 Å². The molecule has 0 amide bonds. The molecule has 0 aromatic heterocycles. The summed E-state index contributed by atoms with van der Waals surface area (Å²) in [6, 6.07) is 8.12. The lowest BCUT2D eigenvalue weighted by molar-refractivity contribution is -0.00815. The third-order valence-corrected chi connectivity index (χ3v) is 2.42. The van der Waals surface area contributed by atoms with Crippen LogP contribution in [0.25, 0.3) is 5.53 Å². The van der Waals surface area contributed by atoms with Crippen molar-refractivity contribution in [3.8, 4) is 0 Å². The number of rotatable bonds is 2. The van der Waals surface area contributed by atoms with Crippen LogP contribution >= 0.6 is 0 Å². The van der Waals surface area contributed by atoms with Gasteiger partial charge in [-0.2, -0.15) is 4.79 Å². The summed E-state index contributed by atoms with van der Waals surface area (Å²) in [5, 5.41) is 0. The Hall–Kier alpha value is -1.40. The van der Waals surface area contributed by atoms with Crippen molar-refractivity contribution in [2.24, 2.45) is 5.92 Å². The lowest BCUT2D eigenvalue weighted by atomic mass is 10.1. The van der Waals surface area contributed by atoms with Crippen molar-refractivity contribution in [3.63, 3.8) is 0 Å². The average molecular weight is 172 g/mol. The minimum atomic E-state index is 0.493. The van der Waals surface area contributed by atoms with Crippen molar-refractivity contribution < 1.29 is 4.79 Å². The van der Waals surface area contributed by atoms with Crippen molar-refractivity contribution in [2.45, 2.75) is 19.8 Å². The summed E-state index contributed by atoms with van der Waals surface area (Å²) in [5.41, 5.74) is 12.0. The second kappa shape index (κ2) is 3.15. The first-order valence-electron chi connectivity index (χ1n) is 4.60. The van der Waals surface area contributed by atoms with Crippen molar-refractivity contribution >= 4 is 5.71 Å². The molecule has 0 atom stereocenters. The largest absolute Gasteiger partial charge is 0.361 e. The Morgan fingerprint density at radius 2 is 1.92 bits per heavy atom. The lowest BCUT2D eigenvalue weighted by Crippen LogP contribution is -2.04. The summed E-state index contributed by atoms with van der Waals surface area (Å²) in [7, 11) is 0. The van der Waals surface area contributed by atoms with Gasteiger partial charge in [0.1, 0.15) is 0 Å². The highest BCUT2D eigenvalue weighted by Crippen LogP contribution is 2.32. The second-order valence-corrected chi connectivity index (χ2v) is 3.63. The highest BCUT2D eigenvalue weighted by molar-refractivity contribution is 5.99. The van der Waals surface area contributed by atoms with E-state index in [1.165, 1.54) is 5.56 Å². The molecule has 0 spiro atoms. The van der Waals surface area contributed by atoms with Gasteiger partial charge in [0, 0.05) is 0 Å². The SMILES string of the molecule is Cc1ccc(C(=[N+]=[N-])C2CC2)cc1. The monoisotopic (exact) mass is 172 g/mol. The summed E-state index contributed by atoms with van der Waals surface area (Å²) in [5.74, 6) is 0.493. The number of aryl methyl sites for hydroxylation is 1. The van der Waals surface area contributed by atoms with Gasteiger partial charge < -0.3 is 5.53 Å². The van der Waals surface area contributed by atoms with Crippen LogP contribution in [0.2, 0.25) is 0 Å². The predicted molar refractivity (Wildman–Crippen MR) is 51.6 cm³/mol. The topological polar surface area (TPSA) is 36.4 Å². The Morgan fingerprint density at radius 1 is 1.31 bits per heavy atom. The predicted octanol–water partition coefficient (Wildman–Crippen LogP) is 2.42. The molecule has 13 heavy (non-hydrogen) atoms. The summed E-state index contributed by atoms with van der Waals surface area (Å²) in [4.78, 5) is 3.37. The van der Waals surface area contributed by atoms with E-state index < -0.39 is 0 Å². The average Bonchev–Trinajstić information content (AvgIpc) is 2.93. The number of hydrogen-bond donors (Lipinski definition) is 0. The van der Waals surface area contributed by atoms with E-state index in [2.05, 4.69) is 11.7 Å². The van der Waals surface area contributed by atoms with Crippen molar-refractivity contribution in [3.05, 3.63) is 40.9 Å². The molecule has 0 N–H and O–H groups in total. The zero-order valence-electron chi connectivity index (χ0n) is 7.70. The van der Waals surface area contributed by atoms with Gasteiger partial charge in [-0.25, -0.2) is 0 Å². The first-order chi connectivity index (χ1) is 6.31. The zero-order valence-corrected chi connectivity index (χ0v) is 7.70. The molecule has 66 valence electrons. The Labute approximate surface area is 77.8 Å². The molecule has 0 radical (unpaired) electrons. The van der Waals surface area contributed by atoms with Crippen LogP contribution in [-0.4, -0.2) is 10.5 Å². The molecular formula is C11H12N2. The van der Waals surface area contributed by atoms with Gasteiger partial charge in [-0.3, -0.25) is 0 Å². The van der Waals surface area contributed by atoms with Gasteiger partial charge in [-0.1, -0.05) is 17.7 Å². The maximum absolute atomic E-state index is 8.85. The number of nitrogens with zero attached hydrogens (tertiary/aromatic N) is 2. The molecule has 2 nitrogen and oxygen atoms in total. The molecule has 0 aliphatic heterocycles. The molecule has 0 heterocycles. The molecule has 1 aliphatic rings. The van der Waals surface area contributed by atoms with E-state index in [1.807, 2.05) is 24.3 Å². The van der Waals surface area contributed by atoms with Crippen molar-refractivity contribution in [1.29, 1.82) is 0 Å². The van der Waals surface area contributed by atoms with Crippen LogP contribution in [-0.2, 0) is 0 Å². The first-order valence-corrected chi connectivity index (χ1v) is 4.60. The normalized spacial score (nSPS) is 15.2. The third kappa shape index (κ3) is 1.68. The van der Waals surface area contributed by atoms with Crippen molar-refractivity contribution in [2.75, 3.05) is 0 Å². The molecule has 0 unspecified atom stereocenters. The molecule has 0 saturated heterocycles. The van der Waals surface area contributed by atoms with Crippen molar-refractivity contribution in [1.82, 2.24) is 0 Å². The molecule has 1 aromatic rings. The van der Waals surface area contributed by atoms with E-state index in [0.717, 1.165) is 24.1 Å². The third-order valence-electron chi connectivity index (χ3n) is 2.42. The van der Waals surface area contributed by atoms with Crippen LogP contribution in [0.15, 0.2) is 24.3 Å². The maximum Gasteiger partial charge on any atom is 0.302 e. The fourth-order valence-electron chi connectivity index (χ4n) is 1.46. The standard InChI is InChI=1S/C11H12N2/c1-8-2-4-9(5-3-8)11(13-12)10-6-7-10/h2-5,10H,6-7H2,1H3. The Bertz CT molecular complexity index is 354. The fraction of sp³-hybridized carbons (Fsp3) is 0.364. The van der Waals surface area contributed by atoms with Gasteiger partial charge in [0.15, 0.2) is 0 Å². The quantitative estimate of drug-likeness (QED) is 0.373. The van der Waals surface area contributed by atoms with Gasteiger partial charge in [-0.15, -0.1) is 0 Å². The summed E-state index contributed by atoms with van der Waals surface area (Å²) >= 11 is 0. The Kier molecular flexibility index (Phi) is 1.99. The molecule has 1 aliphatic carbocycles. The minimum Gasteiger partial charge on any atom is -0.361 e. The summed E-state index contributed by atoms with van der Waals surface area (Å²) in [6.07, 6.45) is 2.32. The zero-order chi connectivity index (χ0) is 9.26. The van der Waals surface area contributed by atoms with Gasteiger partial charge in [0.2, 0.25) is 0 Å². The summed E-state index contributed by atoms with van der Waals surface area (Å²) < 4.78 is 0. The van der Waals surface area contributed by atoms with E-state index in [1.54, 1.807) is 0 Å². The van der Waals surface area contributed by atoms with Gasteiger partial charge in [0.25, 0.3) is 0 Å². The Morgan fingerprint density at radius 3 is 2.38 bits per heavy atom. The molecule has 1 fully saturated rings. The Balaban J connectivity index is 2.33. The van der Waals surface area contributed by atoms with Crippen LogP contribution in [0.4, 0.5) is 0 Å². The van der Waals surface area contributed by atoms with Gasteiger partial charge in [0.05, 0.1) is 11.5 Å². The van der Waals surface area contributed by atoms with E-state index in [0.29, 0.717) is 5.92 Å². The number of hydrogen-bond acceptors (Lipinski definition) is 0. The first kappa shape index (κ1) is 8.21. The van der Waals surface area contributed by atoms with E-state index in [4.69, 9.17) is 5.53 Å². The van der Waals surface area contributed by atoms with Gasteiger partial charge in [-0.05, 0) is 31.9 Å². The van der Waals surface area contributed by atoms with Crippen LogP contribution in [0.5, 0.6) is 0 Å². The van der Waals surface area contributed by atoms with E-state index in [-0.39, 0.29) is 0 Å². The molecule has 0 bridgehead atoms. The van der Waals surface area contributed by atoms with Crippen LogP contribution in [0, 0.1) is 12.8 Å². The highest BCUT2D eigenvalue weighted by Gasteiger charge is 2.35. The van der Waals surface area contributed by atoms with E-state index in [9.17, 15) is 0 Å². The van der Waals surface area contributed by atoms with Crippen LogP contribution in [0.1, 0.15) is 24.0 Å². The maximum atomic E-state index is 8.85. The number of benzene rings is 1. The van der Waals surface area contributed by atoms with Crippen LogP contribution < -0.4 is 0 Å². The smallest absolute Gasteiger partial charge is 0.302 e. The molecule has 2 rings (SSSR count).